The molecule has 0 amide bonds. The molecule has 6 heteroatoms. The Morgan fingerprint density at radius 1 is 0.900 bits per heavy atom. The van der Waals surface area contributed by atoms with Crippen LogP contribution in [0.15, 0.2) is 18.2 Å². The lowest BCUT2D eigenvalue weighted by Gasteiger charge is -2.20. The Hall–Kier alpha value is -2.21. The van der Waals surface area contributed by atoms with E-state index in [-0.39, 0.29) is 52.1 Å². The summed E-state index contributed by atoms with van der Waals surface area (Å²) < 4.78 is 11.1. The van der Waals surface area contributed by atoms with Gasteiger partial charge in [0.05, 0.1) is 19.4 Å². The molecular weight excluding hydrogens is 382 g/mol. The highest BCUT2D eigenvalue weighted by Gasteiger charge is 2.41. The monoisotopic (exact) mass is 415 g/mol. The third kappa shape index (κ3) is 6.66. The molecule has 0 aliphatic heterocycles. The van der Waals surface area contributed by atoms with Crippen LogP contribution in [0.5, 0.6) is 11.5 Å². The van der Waals surface area contributed by atoms with Crippen molar-refractivity contribution in [2.24, 2.45) is 10.8 Å². The minimum absolute atomic E-state index is 0.00144. The number of esters is 2. The van der Waals surface area contributed by atoms with Gasteiger partial charge in [-0.2, -0.15) is 0 Å². The summed E-state index contributed by atoms with van der Waals surface area (Å²) in [4.78, 5) is 37.3. The average Bonchev–Trinajstić information content (AvgIpc) is 3.53. The normalized spacial score (nSPS) is 18.4. The molecule has 0 bridgehead atoms. The molecule has 0 unspecified atom stereocenters. The van der Waals surface area contributed by atoms with E-state index in [4.69, 9.17) is 9.47 Å². The van der Waals surface area contributed by atoms with Gasteiger partial charge in [-0.25, -0.2) is 0 Å². The van der Waals surface area contributed by atoms with E-state index < -0.39 is 0 Å². The molecule has 0 aromatic heterocycles. The van der Waals surface area contributed by atoms with Crippen LogP contribution in [0.25, 0.3) is 0 Å². The quantitative estimate of drug-likeness (QED) is 0.365. The number of ether oxygens (including phenoxy) is 2. The SMILES string of the molecule is CC1(CC(=O)Oc2ccc(C(=O)CNC(C)(C)C)cc2OC(=O)CC2(C)CC2)CC1. The van der Waals surface area contributed by atoms with Gasteiger partial charge in [0.25, 0.3) is 0 Å². The molecule has 1 aromatic rings. The zero-order chi connectivity index (χ0) is 22.2. The third-order valence-corrected chi connectivity index (χ3v) is 5.84. The number of hydrogen-bond acceptors (Lipinski definition) is 6. The number of benzene rings is 1. The molecule has 3 rings (SSSR count). The van der Waals surface area contributed by atoms with Gasteiger partial charge in [0.15, 0.2) is 17.3 Å². The lowest BCUT2D eigenvalue weighted by atomic mass is 10.1. The summed E-state index contributed by atoms with van der Waals surface area (Å²) in [6.45, 7) is 10.2. The second-order valence-corrected chi connectivity index (χ2v) is 10.6. The van der Waals surface area contributed by atoms with Crippen molar-refractivity contribution in [3.8, 4) is 11.5 Å². The van der Waals surface area contributed by atoms with Crippen molar-refractivity contribution in [3.63, 3.8) is 0 Å². The van der Waals surface area contributed by atoms with E-state index in [2.05, 4.69) is 12.2 Å². The minimum Gasteiger partial charge on any atom is -0.422 e. The number of Topliss-reactive ketones (excluding diaryl/α,β-unsaturated/α-hetero) is 1. The van der Waals surface area contributed by atoms with Crippen LogP contribution in [0.3, 0.4) is 0 Å². The third-order valence-electron chi connectivity index (χ3n) is 5.84. The summed E-state index contributed by atoms with van der Waals surface area (Å²) in [7, 11) is 0. The minimum atomic E-state index is -0.376. The summed E-state index contributed by atoms with van der Waals surface area (Å²) in [5, 5.41) is 3.16. The van der Waals surface area contributed by atoms with Crippen molar-refractivity contribution in [3.05, 3.63) is 23.8 Å². The van der Waals surface area contributed by atoms with E-state index in [9.17, 15) is 14.4 Å². The first-order chi connectivity index (χ1) is 13.9. The van der Waals surface area contributed by atoms with Gasteiger partial charge >= 0.3 is 11.9 Å². The average molecular weight is 416 g/mol. The molecule has 2 saturated carbocycles. The van der Waals surface area contributed by atoms with Gasteiger partial charge in [-0.3, -0.25) is 14.4 Å². The van der Waals surface area contributed by atoms with Crippen LogP contribution in [-0.2, 0) is 9.59 Å². The molecule has 1 aromatic carbocycles. The Bertz CT molecular complexity index is 844. The summed E-state index contributed by atoms with van der Waals surface area (Å²) in [6, 6.07) is 4.65. The molecule has 2 aliphatic carbocycles. The number of hydrogen-bond donors (Lipinski definition) is 1. The van der Waals surface area contributed by atoms with Crippen molar-refractivity contribution < 1.29 is 23.9 Å². The van der Waals surface area contributed by atoms with Crippen LogP contribution in [0.2, 0.25) is 0 Å². The van der Waals surface area contributed by atoms with E-state index >= 15 is 0 Å². The van der Waals surface area contributed by atoms with Crippen LogP contribution in [0.4, 0.5) is 0 Å². The fourth-order valence-corrected chi connectivity index (χ4v) is 3.09. The van der Waals surface area contributed by atoms with Crippen molar-refractivity contribution in [1.82, 2.24) is 5.32 Å². The smallest absolute Gasteiger partial charge is 0.311 e. The second kappa shape index (κ2) is 8.14. The van der Waals surface area contributed by atoms with Gasteiger partial charge in [0, 0.05) is 11.1 Å². The maximum Gasteiger partial charge on any atom is 0.311 e. The lowest BCUT2D eigenvalue weighted by molar-refractivity contribution is -0.138. The molecular formula is C24H33NO5. The standard InChI is InChI=1S/C24H33NO5/c1-22(2,3)25-15-17(26)16-6-7-18(29-20(27)13-23(4)8-9-23)19(12-16)30-21(28)14-24(5)10-11-24/h6-7,12,25H,8-11,13-15H2,1-5H3. The molecule has 0 radical (unpaired) electrons. The maximum absolute atomic E-state index is 12.6. The van der Waals surface area contributed by atoms with E-state index in [1.807, 2.05) is 27.7 Å². The van der Waals surface area contributed by atoms with Crippen LogP contribution < -0.4 is 14.8 Å². The maximum atomic E-state index is 12.6. The lowest BCUT2D eigenvalue weighted by Crippen LogP contribution is -2.39. The molecule has 0 atom stereocenters. The van der Waals surface area contributed by atoms with Crippen molar-refractivity contribution in [1.29, 1.82) is 0 Å². The van der Waals surface area contributed by atoms with Crippen molar-refractivity contribution in [2.45, 2.75) is 78.7 Å². The Balaban J connectivity index is 1.74. The Kier molecular flexibility index (Phi) is 6.10. The zero-order valence-electron chi connectivity index (χ0n) is 18.7. The number of carbonyl (C=O) groups excluding carboxylic acids is 3. The van der Waals surface area contributed by atoms with Gasteiger partial charge in [-0.1, -0.05) is 13.8 Å². The summed E-state index contributed by atoms with van der Waals surface area (Å²) in [6.07, 6.45) is 4.66. The highest BCUT2D eigenvalue weighted by atomic mass is 16.6. The fourth-order valence-electron chi connectivity index (χ4n) is 3.09. The molecule has 0 heterocycles. The topological polar surface area (TPSA) is 81.7 Å². The zero-order valence-corrected chi connectivity index (χ0v) is 18.7. The summed E-state index contributed by atoms with van der Waals surface area (Å²) in [5.74, 6) is -0.549. The molecule has 0 saturated heterocycles. The Morgan fingerprint density at radius 2 is 1.40 bits per heavy atom. The molecule has 1 N–H and O–H groups in total. The molecule has 0 spiro atoms. The highest BCUT2D eigenvalue weighted by molar-refractivity contribution is 5.98. The van der Waals surface area contributed by atoms with Gasteiger partial charge < -0.3 is 14.8 Å². The largest absolute Gasteiger partial charge is 0.422 e. The first kappa shape index (κ1) is 22.5. The van der Waals surface area contributed by atoms with E-state index in [0.29, 0.717) is 18.4 Å². The van der Waals surface area contributed by atoms with Crippen molar-refractivity contribution >= 4 is 17.7 Å². The Labute approximate surface area is 178 Å². The van der Waals surface area contributed by atoms with Gasteiger partial charge in [-0.15, -0.1) is 0 Å². The molecule has 2 fully saturated rings. The number of nitrogens with one attached hydrogen (secondary N) is 1. The van der Waals surface area contributed by atoms with Crippen LogP contribution in [0, 0.1) is 10.8 Å². The summed E-state index contributed by atoms with van der Waals surface area (Å²) >= 11 is 0. The van der Waals surface area contributed by atoms with Gasteiger partial charge in [-0.05, 0) is 75.5 Å². The van der Waals surface area contributed by atoms with Crippen LogP contribution in [0.1, 0.15) is 83.5 Å². The number of ketones is 1. The molecule has 30 heavy (non-hydrogen) atoms. The first-order valence-corrected chi connectivity index (χ1v) is 10.7. The van der Waals surface area contributed by atoms with Crippen LogP contribution in [-0.4, -0.2) is 29.8 Å². The van der Waals surface area contributed by atoms with E-state index in [1.54, 1.807) is 12.1 Å². The van der Waals surface area contributed by atoms with Crippen LogP contribution >= 0.6 is 0 Å². The fraction of sp³-hybridized carbons (Fsp3) is 0.625. The molecule has 164 valence electrons. The van der Waals surface area contributed by atoms with E-state index in [0.717, 1.165) is 25.7 Å². The van der Waals surface area contributed by atoms with Gasteiger partial charge in [0.1, 0.15) is 0 Å². The predicted octanol–water partition coefficient (Wildman–Crippen LogP) is 4.45. The highest BCUT2D eigenvalue weighted by Crippen LogP contribution is 2.49. The number of rotatable bonds is 9. The first-order valence-electron chi connectivity index (χ1n) is 10.7. The van der Waals surface area contributed by atoms with Crippen molar-refractivity contribution in [2.75, 3.05) is 6.54 Å². The second-order valence-electron chi connectivity index (χ2n) is 10.6. The van der Waals surface area contributed by atoms with Gasteiger partial charge in [0.2, 0.25) is 0 Å². The summed E-state index contributed by atoms with van der Waals surface area (Å²) in [5.41, 5.74) is 0.224. The predicted molar refractivity (Wildman–Crippen MR) is 114 cm³/mol. The molecule has 2 aliphatic rings. The molecule has 6 nitrogen and oxygen atoms in total. The van der Waals surface area contributed by atoms with E-state index in [1.165, 1.54) is 6.07 Å². The Morgan fingerprint density at radius 3 is 1.87 bits per heavy atom. The number of carbonyl (C=O) groups is 3.